The summed E-state index contributed by atoms with van der Waals surface area (Å²) < 4.78 is 33.5. The normalized spacial score (nSPS) is 26.7. The second-order valence-corrected chi connectivity index (χ2v) is 17.3. The molecule has 66 heavy (non-hydrogen) atoms. The van der Waals surface area contributed by atoms with Crippen molar-refractivity contribution < 1.29 is 73.8 Å². The highest BCUT2D eigenvalue weighted by Crippen LogP contribution is 2.26. The van der Waals surface area contributed by atoms with E-state index in [1.807, 2.05) is 0 Å². The molecule has 380 valence electrons. The van der Waals surface area contributed by atoms with E-state index >= 15 is 0 Å². The van der Waals surface area contributed by atoms with Crippen molar-refractivity contribution >= 4 is 11.9 Å². The van der Waals surface area contributed by atoms with Crippen LogP contribution in [-0.2, 0) is 38.0 Å². The minimum atomic E-state index is -1.77. The molecule has 15 nitrogen and oxygen atoms in total. The molecule has 0 bridgehead atoms. The minimum Gasteiger partial charge on any atom is -0.462 e. The number of carbonyl (C=O) groups excluding carboxylic acids is 2. The van der Waals surface area contributed by atoms with E-state index < -0.39 is 99.3 Å². The van der Waals surface area contributed by atoms with Gasteiger partial charge in [-0.15, -0.1) is 0 Å². The van der Waals surface area contributed by atoms with E-state index in [-0.39, 0.29) is 19.4 Å². The number of hydrogen-bond acceptors (Lipinski definition) is 15. The lowest BCUT2D eigenvalue weighted by Gasteiger charge is -2.42. The van der Waals surface area contributed by atoms with Gasteiger partial charge in [-0.2, -0.15) is 0 Å². The first-order valence-corrected chi connectivity index (χ1v) is 24.9. The van der Waals surface area contributed by atoms with Crippen LogP contribution >= 0.6 is 0 Å². The molecule has 2 rings (SSSR count). The van der Waals surface area contributed by atoms with Crippen LogP contribution in [0.2, 0.25) is 0 Å². The van der Waals surface area contributed by atoms with E-state index in [2.05, 4.69) is 74.6 Å². The zero-order valence-corrected chi connectivity index (χ0v) is 39.9. The molecule has 0 aliphatic carbocycles. The molecule has 0 saturated carbocycles. The van der Waals surface area contributed by atoms with E-state index in [0.717, 1.165) is 64.2 Å². The molecule has 0 spiro atoms. The molecular formula is C51H86O15. The van der Waals surface area contributed by atoms with Gasteiger partial charge in [0.1, 0.15) is 55.4 Å². The van der Waals surface area contributed by atoms with Crippen LogP contribution in [0.3, 0.4) is 0 Å². The zero-order chi connectivity index (χ0) is 48.2. The highest BCUT2D eigenvalue weighted by Gasteiger charge is 2.47. The molecule has 7 N–H and O–H groups in total. The molecule has 15 heteroatoms. The Kier molecular flexibility index (Phi) is 34.2. The third kappa shape index (κ3) is 26.1. The minimum absolute atomic E-state index is 0.110. The lowest BCUT2D eigenvalue weighted by Crippen LogP contribution is -2.61. The van der Waals surface area contributed by atoms with Gasteiger partial charge in [0.25, 0.3) is 0 Å². The molecule has 2 fully saturated rings. The Morgan fingerprint density at radius 3 is 1.55 bits per heavy atom. The number of esters is 2. The number of hydrogen-bond donors (Lipinski definition) is 7. The third-order valence-electron chi connectivity index (χ3n) is 11.5. The van der Waals surface area contributed by atoms with Crippen LogP contribution in [0.4, 0.5) is 0 Å². The second-order valence-electron chi connectivity index (χ2n) is 17.3. The van der Waals surface area contributed by atoms with E-state index in [1.165, 1.54) is 51.4 Å². The summed E-state index contributed by atoms with van der Waals surface area (Å²) in [7, 11) is 0. The summed E-state index contributed by atoms with van der Waals surface area (Å²) in [5.41, 5.74) is 0. The molecule has 0 aromatic rings. The van der Waals surface area contributed by atoms with E-state index in [9.17, 15) is 45.3 Å². The molecule has 0 aromatic heterocycles. The summed E-state index contributed by atoms with van der Waals surface area (Å²) in [6, 6.07) is 0. The molecule has 2 aliphatic rings. The van der Waals surface area contributed by atoms with Gasteiger partial charge in [-0.1, -0.05) is 132 Å². The summed E-state index contributed by atoms with van der Waals surface area (Å²) in [5, 5.41) is 72.0. The van der Waals surface area contributed by atoms with Gasteiger partial charge in [-0.3, -0.25) is 9.59 Å². The van der Waals surface area contributed by atoms with Gasteiger partial charge in [0.15, 0.2) is 18.7 Å². The number of unbranched alkanes of at least 4 members (excludes halogenated alkanes) is 13. The monoisotopic (exact) mass is 939 g/mol. The Bertz CT molecular complexity index is 1380. The van der Waals surface area contributed by atoms with Gasteiger partial charge >= 0.3 is 11.9 Å². The van der Waals surface area contributed by atoms with Crippen molar-refractivity contribution in [2.45, 2.75) is 223 Å². The smallest absolute Gasteiger partial charge is 0.306 e. The summed E-state index contributed by atoms with van der Waals surface area (Å²) in [4.78, 5) is 25.7. The maximum absolute atomic E-state index is 13.0. The highest BCUT2D eigenvalue weighted by molar-refractivity contribution is 5.70. The van der Waals surface area contributed by atoms with Gasteiger partial charge in [0, 0.05) is 12.8 Å². The zero-order valence-electron chi connectivity index (χ0n) is 39.9. The summed E-state index contributed by atoms with van der Waals surface area (Å²) >= 11 is 0. The molecule has 2 saturated heterocycles. The van der Waals surface area contributed by atoms with Crippen LogP contribution in [0.15, 0.2) is 60.8 Å². The lowest BCUT2D eigenvalue weighted by molar-refractivity contribution is -0.332. The van der Waals surface area contributed by atoms with Crippen LogP contribution in [0.25, 0.3) is 0 Å². The Balaban J connectivity index is 1.84. The fourth-order valence-corrected chi connectivity index (χ4v) is 7.36. The van der Waals surface area contributed by atoms with Gasteiger partial charge in [-0.05, 0) is 70.6 Å². The van der Waals surface area contributed by atoms with E-state index in [1.54, 1.807) is 0 Å². The first-order valence-electron chi connectivity index (χ1n) is 24.9. The van der Waals surface area contributed by atoms with Gasteiger partial charge in [0.05, 0.1) is 19.8 Å². The molecule has 0 amide bonds. The molecular weight excluding hydrogens is 853 g/mol. The number of rotatable bonds is 37. The SMILES string of the molecule is CC/C=C/C/C=C/C/C=C/C/C=C/CCCCC(=O)O[C@H](COC(=O)CCCCCCCCCCC/C=C/CCCC)CO[C@@H]1O[C@H](CO[C@@H]2O[C@H](CO)[C@H](O)C(O)C2O)[C@H](O)C(O)C1O. The first-order chi connectivity index (χ1) is 32.0. The fourth-order valence-electron chi connectivity index (χ4n) is 7.36. The van der Waals surface area contributed by atoms with Crippen LogP contribution in [0, 0.1) is 0 Å². The standard InChI is InChI=1S/C51H86O15/c1-3-5-7-9-11-13-15-17-19-21-23-25-27-29-31-33-42(53)61-36-39(64-43(54)34-32-30-28-26-24-22-20-18-16-14-12-10-8-6-4-2)37-62-50-49(60)47(58)45(56)41(66-50)38-63-51-48(59)46(57)44(55)40(35-52)65-51/h6,8-9,11-12,14,18,20,24,26,39-41,44-52,55-60H,3-5,7,10,13,15-17,19,21-23,25,27-38H2,1-2H3/b8-6+,11-9+,14-12+,20-18+,26-24+/t39-,40-,41-,44+,45+,46?,47?,48?,49?,50-,51-/m1/s1. The van der Waals surface area contributed by atoms with Crippen LogP contribution < -0.4 is 0 Å². The summed E-state index contributed by atoms with van der Waals surface area (Å²) in [5.74, 6) is -0.981. The van der Waals surface area contributed by atoms with Crippen molar-refractivity contribution in [3.05, 3.63) is 60.8 Å². The fraction of sp³-hybridized carbons (Fsp3) is 0.765. The Labute approximate surface area is 394 Å². The van der Waals surface area contributed by atoms with Crippen molar-refractivity contribution in [1.29, 1.82) is 0 Å². The Morgan fingerprint density at radius 2 is 0.955 bits per heavy atom. The van der Waals surface area contributed by atoms with Crippen molar-refractivity contribution in [2.24, 2.45) is 0 Å². The number of carbonyl (C=O) groups is 2. The third-order valence-corrected chi connectivity index (χ3v) is 11.5. The highest BCUT2D eigenvalue weighted by atomic mass is 16.7. The number of allylic oxidation sites excluding steroid dienone is 10. The molecule has 0 aromatic carbocycles. The van der Waals surface area contributed by atoms with Gasteiger partial charge in [0.2, 0.25) is 0 Å². The average Bonchev–Trinajstić information content (AvgIpc) is 3.31. The van der Waals surface area contributed by atoms with Crippen molar-refractivity contribution in [1.82, 2.24) is 0 Å². The quantitative estimate of drug-likeness (QED) is 0.0201. The summed E-state index contributed by atoms with van der Waals surface area (Å²) in [6.45, 7) is 2.38. The van der Waals surface area contributed by atoms with Gasteiger partial charge < -0.3 is 64.2 Å². The molecule has 2 aliphatic heterocycles. The van der Waals surface area contributed by atoms with Crippen LogP contribution in [0.1, 0.15) is 155 Å². The summed E-state index contributed by atoms with van der Waals surface area (Å²) in [6.07, 6.45) is 25.4. The molecule has 2 heterocycles. The molecule has 4 unspecified atom stereocenters. The van der Waals surface area contributed by atoms with E-state index in [0.29, 0.717) is 12.8 Å². The van der Waals surface area contributed by atoms with Crippen molar-refractivity contribution in [3.8, 4) is 0 Å². The average molecular weight is 939 g/mol. The maximum Gasteiger partial charge on any atom is 0.306 e. The van der Waals surface area contributed by atoms with Crippen LogP contribution in [0.5, 0.6) is 0 Å². The molecule has 0 radical (unpaired) electrons. The van der Waals surface area contributed by atoms with Crippen molar-refractivity contribution in [3.63, 3.8) is 0 Å². The topological polar surface area (TPSA) is 231 Å². The number of aliphatic hydroxyl groups excluding tert-OH is 7. The Hall–Kier alpha value is -2.80. The number of ether oxygens (including phenoxy) is 6. The second kappa shape index (κ2) is 38.1. The van der Waals surface area contributed by atoms with Crippen LogP contribution in [-0.4, -0.2) is 142 Å². The molecule has 11 atom stereocenters. The largest absolute Gasteiger partial charge is 0.462 e. The predicted octanol–water partition coefficient (Wildman–Crippen LogP) is 6.49. The number of aliphatic hydroxyl groups is 7. The Morgan fingerprint density at radius 1 is 0.500 bits per heavy atom. The predicted molar refractivity (Wildman–Crippen MR) is 252 cm³/mol. The van der Waals surface area contributed by atoms with E-state index in [4.69, 9.17) is 28.4 Å². The van der Waals surface area contributed by atoms with Crippen molar-refractivity contribution in [2.75, 3.05) is 26.4 Å². The first kappa shape index (κ1) is 59.3. The lowest BCUT2D eigenvalue weighted by atomic mass is 9.98. The van der Waals surface area contributed by atoms with Gasteiger partial charge in [-0.25, -0.2) is 0 Å². The maximum atomic E-state index is 13.0.